The number of carbonyl (C=O) groups excluding carboxylic acids is 2. The molecule has 0 radical (unpaired) electrons. The maximum Gasteiger partial charge on any atom is 0.311 e. The molecule has 0 N–H and O–H groups in total. The minimum absolute atomic E-state index is 0.0232. The molecule has 178 valence electrons. The minimum atomic E-state index is -0.427. The summed E-state index contributed by atoms with van der Waals surface area (Å²) in [5, 5.41) is 0. The van der Waals surface area contributed by atoms with Crippen LogP contribution in [-0.4, -0.2) is 24.1 Å². The molecule has 0 aromatic carbocycles. The van der Waals surface area contributed by atoms with Crippen LogP contribution in [-0.2, 0) is 19.1 Å². The Morgan fingerprint density at radius 1 is 1.06 bits per heavy atom. The van der Waals surface area contributed by atoms with E-state index in [1.165, 1.54) is 12.8 Å². The molecule has 0 amide bonds. The summed E-state index contributed by atoms with van der Waals surface area (Å²) in [4.78, 5) is 24.9. The third-order valence-corrected chi connectivity index (χ3v) is 9.28. The first kappa shape index (κ1) is 24.6. The highest BCUT2D eigenvalue weighted by Crippen LogP contribution is 2.53. The van der Waals surface area contributed by atoms with E-state index in [4.69, 9.17) is 9.47 Å². The largest absolute Gasteiger partial charge is 0.462 e. The molecule has 3 fully saturated rings. The van der Waals surface area contributed by atoms with Gasteiger partial charge < -0.3 is 9.47 Å². The zero-order chi connectivity index (χ0) is 22.9. The fourth-order valence-electron chi connectivity index (χ4n) is 6.58. The van der Waals surface area contributed by atoms with Crippen LogP contribution in [0.25, 0.3) is 0 Å². The third kappa shape index (κ3) is 5.47. The molecule has 0 aromatic heterocycles. The number of cyclic esters (lactones) is 1. The van der Waals surface area contributed by atoms with Crippen LogP contribution < -0.4 is 0 Å². The second-order valence-corrected chi connectivity index (χ2v) is 11.9. The molecule has 1 aliphatic heterocycles. The van der Waals surface area contributed by atoms with E-state index >= 15 is 0 Å². The molecule has 0 aromatic rings. The summed E-state index contributed by atoms with van der Waals surface area (Å²) in [6.45, 7) is 15.3. The monoisotopic (exact) mass is 434 g/mol. The van der Waals surface area contributed by atoms with Gasteiger partial charge in [0.1, 0.15) is 12.2 Å². The van der Waals surface area contributed by atoms with Gasteiger partial charge in [-0.1, -0.05) is 41.0 Å². The number of esters is 2. The van der Waals surface area contributed by atoms with E-state index < -0.39 is 5.41 Å². The molecular formula is C27H46O4. The lowest BCUT2D eigenvalue weighted by atomic mass is 9.54. The van der Waals surface area contributed by atoms with E-state index in [0.29, 0.717) is 47.8 Å². The molecule has 3 rings (SSSR count). The van der Waals surface area contributed by atoms with Crippen LogP contribution in [0, 0.1) is 46.8 Å². The van der Waals surface area contributed by atoms with Crippen molar-refractivity contribution in [3.8, 4) is 0 Å². The summed E-state index contributed by atoms with van der Waals surface area (Å²) in [6, 6.07) is 0. The number of fused-ring (bicyclic) bond motifs is 1. The summed E-state index contributed by atoms with van der Waals surface area (Å²) in [7, 11) is 0. The van der Waals surface area contributed by atoms with Gasteiger partial charge in [0.2, 0.25) is 0 Å². The molecule has 2 saturated carbocycles. The van der Waals surface area contributed by atoms with E-state index in [0.717, 1.165) is 32.1 Å². The van der Waals surface area contributed by atoms with Crippen molar-refractivity contribution in [1.29, 1.82) is 0 Å². The van der Waals surface area contributed by atoms with Gasteiger partial charge in [-0.3, -0.25) is 9.59 Å². The van der Waals surface area contributed by atoms with Crippen molar-refractivity contribution in [2.75, 3.05) is 0 Å². The number of rotatable bonds is 6. The van der Waals surface area contributed by atoms with Gasteiger partial charge in [-0.15, -0.1) is 0 Å². The topological polar surface area (TPSA) is 52.6 Å². The van der Waals surface area contributed by atoms with Gasteiger partial charge in [0, 0.05) is 12.3 Å². The van der Waals surface area contributed by atoms with E-state index in [-0.39, 0.29) is 24.1 Å². The number of carbonyl (C=O) groups is 2. The van der Waals surface area contributed by atoms with Crippen LogP contribution in [0.5, 0.6) is 0 Å². The van der Waals surface area contributed by atoms with Crippen molar-refractivity contribution >= 4 is 11.9 Å². The maximum atomic E-state index is 13.0. The van der Waals surface area contributed by atoms with Crippen molar-refractivity contribution < 1.29 is 19.1 Å². The summed E-state index contributed by atoms with van der Waals surface area (Å²) in [5.74, 6) is 3.82. The van der Waals surface area contributed by atoms with Crippen LogP contribution >= 0.6 is 0 Å². The quantitative estimate of drug-likeness (QED) is 0.453. The average molecular weight is 435 g/mol. The van der Waals surface area contributed by atoms with E-state index in [1.807, 2.05) is 13.8 Å². The average Bonchev–Trinajstić information content (AvgIpc) is 2.69. The molecule has 1 saturated heterocycles. The lowest BCUT2D eigenvalue weighted by Crippen LogP contribution is -2.51. The predicted octanol–water partition coefficient (Wildman–Crippen LogP) is 6.41. The molecule has 0 spiro atoms. The molecule has 9 atom stereocenters. The first-order valence-corrected chi connectivity index (χ1v) is 12.9. The lowest BCUT2D eigenvalue weighted by molar-refractivity contribution is -0.177. The van der Waals surface area contributed by atoms with Crippen molar-refractivity contribution in [3.05, 3.63) is 0 Å². The zero-order valence-corrected chi connectivity index (χ0v) is 21.0. The Labute approximate surface area is 190 Å². The van der Waals surface area contributed by atoms with Crippen molar-refractivity contribution in [1.82, 2.24) is 0 Å². The SMILES string of the molecule is CCC(C)(C)C(=O)O[C@H]1C[C@@H](C)[C@@H](C)C2CC[C@H](C)[C@H](CC[C@@H]3C[C@@H](C)CC(=O)O3)C21. The minimum Gasteiger partial charge on any atom is -0.462 e. The number of hydrogen-bond acceptors (Lipinski definition) is 4. The first-order chi connectivity index (χ1) is 14.5. The van der Waals surface area contributed by atoms with Crippen molar-refractivity contribution in [2.45, 2.75) is 112 Å². The fraction of sp³-hybridized carbons (Fsp3) is 0.926. The molecular weight excluding hydrogens is 388 g/mol. The van der Waals surface area contributed by atoms with Gasteiger partial charge in [0.05, 0.1) is 5.41 Å². The normalized spacial score (nSPS) is 41.3. The summed E-state index contributed by atoms with van der Waals surface area (Å²) >= 11 is 0. The summed E-state index contributed by atoms with van der Waals surface area (Å²) in [5.41, 5.74) is -0.427. The summed E-state index contributed by atoms with van der Waals surface area (Å²) in [6.07, 6.45) is 7.91. The van der Waals surface area contributed by atoms with Crippen LogP contribution in [0.3, 0.4) is 0 Å². The highest BCUT2D eigenvalue weighted by molar-refractivity contribution is 5.76. The number of hydrogen-bond donors (Lipinski definition) is 0. The van der Waals surface area contributed by atoms with E-state index in [2.05, 4.69) is 34.6 Å². The van der Waals surface area contributed by atoms with Crippen LogP contribution in [0.2, 0.25) is 0 Å². The van der Waals surface area contributed by atoms with E-state index in [9.17, 15) is 9.59 Å². The zero-order valence-electron chi connectivity index (χ0n) is 21.0. The third-order valence-electron chi connectivity index (χ3n) is 9.28. The van der Waals surface area contributed by atoms with Crippen molar-refractivity contribution in [3.63, 3.8) is 0 Å². The Balaban J connectivity index is 1.77. The molecule has 1 heterocycles. The number of ether oxygens (including phenoxy) is 2. The first-order valence-electron chi connectivity index (χ1n) is 12.9. The molecule has 0 bridgehead atoms. The summed E-state index contributed by atoms with van der Waals surface area (Å²) < 4.78 is 12.0. The Hall–Kier alpha value is -1.06. The Bertz CT molecular complexity index is 641. The van der Waals surface area contributed by atoms with Crippen molar-refractivity contribution in [2.24, 2.45) is 46.8 Å². The molecule has 2 aliphatic carbocycles. The smallest absolute Gasteiger partial charge is 0.311 e. The van der Waals surface area contributed by atoms with Gasteiger partial charge in [0.15, 0.2) is 0 Å². The van der Waals surface area contributed by atoms with Gasteiger partial charge in [-0.25, -0.2) is 0 Å². The molecule has 3 aliphatic rings. The highest BCUT2D eigenvalue weighted by atomic mass is 16.5. The highest BCUT2D eigenvalue weighted by Gasteiger charge is 2.50. The van der Waals surface area contributed by atoms with Gasteiger partial charge in [-0.2, -0.15) is 0 Å². The Morgan fingerprint density at radius 3 is 2.42 bits per heavy atom. The molecule has 4 nitrogen and oxygen atoms in total. The second kappa shape index (κ2) is 9.83. The standard InChI is InChI=1S/C27H46O4/c1-8-27(6,7)26(29)31-23-15-18(4)19(5)22-11-9-17(3)21(25(22)23)12-10-20-13-16(2)14-24(28)30-20/h16-23,25H,8-15H2,1-7H3/t16-,17+,18-,19-,20-,21+,22?,23+,25?/m1/s1. The predicted molar refractivity (Wildman–Crippen MR) is 123 cm³/mol. The fourth-order valence-corrected chi connectivity index (χ4v) is 6.58. The maximum absolute atomic E-state index is 13.0. The lowest BCUT2D eigenvalue weighted by Gasteiger charge is -2.53. The van der Waals surface area contributed by atoms with Crippen LogP contribution in [0.4, 0.5) is 0 Å². The van der Waals surface area contributed by atoms with Crippen LogP contribution in [0.1, 0.15) is 99.8 Å². The van der Waals surface area contributed by atoms with Gasteiger partial charge in [-0.05, 0) is 87.9 Å². The second-order valence-electron chi connectivity index (χ2n) is 11.9. The van der Waals surface area contributed by atoms with Crippen LogP contribution in [0.15, 0.2) is 0 Å². The van der Waals surface area contributed by atoms with E-state index in [1.54, 1.807) is 0 Å². The molecule has 4 heteroatoms. The Kier molecular flexibility index (Phi) is 7.79. The van der Waals surface area contributed by atoms with Gasteiger partial charge in [0.25, 0.3) is 0 Å². The molecule has 31 heavy (non-hydrogen) atoms. The Morgan fingerprint density at radius 2 is 1.77 bits per heavy atom. The van der Waals surface area contributed by atoms with Gasteiger partial charge >= 0.3 is 11.9 Å². The molecule has 2 unspecified atom stereocenters.